The summed E-state index contributed by atoms with van der Waals surface area (Å²) in [6.07, 6.45) is 14.2. The van der Waals surface area contributed by atoms with Crippen LogP contribution in [0.4, 0.5) is 0 Å². The molecule has 0 aromatic heterocycles. The first kappa shape index (κ1) is 16.0. The predicted molar refractivity (Wildman–Crippen MR) is 82.0 cm³/mol. The molecule has 1 N–H and O–H groups in total. The van der Waals surface area contributed by atoms with Gasteiger partial charge >= 0.3 is 0 Å². The molecule has 0 radical (unpaired) electrons. The predicted octanol–water partition coefficient (Wildman–Crippen LogP) is 5.15. The van der Waals surface area contributed by atoms with Gasteiger partial charge in [-0.05, 0) is 44.1 Å². The zero-order valence-corrected chi connectivity index (χ0v) is 13.0. The maximum atomic E-state index is 3.81. The lowest BCUT2D eigenvalue weighted by Gasteiger charge is -2.27. The molecule has 0 aromatic rings. The van der Waals surface area contributed by atoms with E-state index < -0.39 is 0 Å². The molecule has 1 aliphatic carbocycles. The number of hydrogen-bond donors (Lipinski definition) is 1. The van der Waals surface area contributed by atoms with Crippen LogP contribution in [0.1, 0.15) is 85.0 Å². The van der Waals surface area contributed by atoms with Gasteiger partial charge in [0.05, 0.1) is 0 Å². The summed E-state index contributed by atoms with van der Waals surface area (Å²) < 4.78 is 0. The molecule has 3 atom stereocenters. The van der Waals surface area contributed by atoms with Gasteiger partial charge < -0.3 is 5.32 Å². The minimum atomic E-state index is 0.801. The van der Waals surface area contributed by atoms with Gasteiger partial charge in [0.1, 0.15) is 0 Å². The Bertz CT molecular complexity index is 190. The fourth-order valence-corrected chi connectivity index (χ4v) is 3.65. The van der Waals surface area contributed by atoms with Crippen LogP contribution in [0, 0.1) is 11.8 Å². The molecular formula is C17H35N. The lowest BCUT2D eigenvalue weighted by Crippen LogP contribution is -2.36. The third-order valence-electron chi connectivity index (χ3n) is 4.66. The van der Waals surface area contributed by atoms with Crippen molar-refractivity contribution in [2.24, 2.45) is 11.8 Å². The van der Waals surface area contributed by atoms with E-state index >= 15 is 0 Å². The molecule has 108 valence electrons. The molecule has 0 aromatic carbocycles. The van der Waals surface area contributed by atoms with Crippen LogP contribution >= 0.6 is 0 Å². The highest BCUT2D eigenvalue weighted by molar-refractivity contribution is 4.80. The summed E-state index contributed by atoms with van der Waals surface area (Å²) in [7, 11) is 0. The summed E-state index contributed by atoms with van der Waals surface area (Å²) in [6.45, 7) is 8.15. The fraction of sp³-hybridized carbons (Fsp3) is 1.00. The van der Waals surface area contributed by atoms with Gasteiger partial charge in [-0.3, -0.25) is 0 Å². The number of hydrogen-bond acceptors (Lipinski definition) is 1. The Hall–Kier alpha value is -0.0400. The highest BCUT2D eigenvalue weighted by Gasteiger charge is 2.24. The summed E-state index contributed by atoms with van der Waals surface area (Å²) in [4.78, 5) is 0. The first-order valence-electron chi connectivity index (χ1n) is 8.55. The Labute approximate surface area is 115 Å². The largest absolute Gasteiger partial charge is 0.314 e. The second-order valence-corrected chi connectivity index (χ2v) is 6.27. The van der Waals surface area contributed by atoms with Crippen LogP contribution < -0.4 is 5.32 Å². The monoisotopic (exact) mass is 253 g/mol. The summed E-state index contributed by atoms with van der Waals surface area (Å²) >= 11 is 0. The molecule has 1 aliphatic rings. The van der Waals surface area contributed by atoms with E-state index in [1.807, 2.05) is 0 Å². The summed E-state index contributed by atoms with van der Waals surface area (Å²) in [5, 5.41) is 3.81. The van der Waals surface area contributed by atoms with Crippen molar-refractivity contribution >= 4 is 0 Å². The van der Waals surface area contributed by atoms with Crippen molar-refractivity contribution in [3.05, 3.63) is 0 Å². The molecule has 1 heteroatoms. The molecule has 1 rings (SSSR count). The minimum absolute atomic E-state index is 0.801. The lowest BCUT2D eigenvalue weighted by atomic mass is 9.88. The van der Waals surface area contributed by atoms with E-state index in [0.29, 0.717) is 0 Å². The third-order valence-corrected chi connectivity index (χ3v) is 4.66. The second kappa shape index (κ2) is 9.83. The Morgan fingerprint density at radius 1 is 0.944 bits per heavy atom. The van der Waals surface area contributed by atoms with Gasteiger partial charge in [-0.25, -0.2) is 0 Å². The Morgan fingerprint density at radius 2 is 1.78 bits per heavy atom. The van der Waals surface area contributed by atoms with E-state index in [9.17, 15) is 0 Å². The molecule has 0 amide bonds. The van der Waals surface area contributed by atoms with E-state index in [1.165, 1.54) is 70.8 Å². The summed E-state index contributed by atoms with van der Waals surface area (Å²) in [6, 6.07) is 0.801. The second-order valence-electron chi connectivity index (χ2n) is 6.27. The van der Waals surface area contributed by atoms with E-state index in [0.717, 1.165) is 17.9 Å². The zero-order valence-electron chi connectivity index (χ0n) is 13.0. The molecule has 0 bridgehead atoms. The first-order valence-corrected chi connectivity index (χ1v) is 8.55. The van der Waals surface area contributed by atoms with Crippen LogP contribution in [0.5, 0.6) is 0 Å². The van der Waals surface area contributed by atoms with E-state index in [1.54, 1.807) is 0 Å². The third kappa shape index (κ3) is 5.73. The van der Waals surface area contributed by atoms with Gasteiger partial charge in [0.2, 0.25) is 0 Å². The molecule has 3 unspecified atom stereocenters. The molecule has 1 fully saturated rings. The maximum Gasteiger partial charge on any atom is 0.00952 e. The van der Waals surface area contributed by atoms with Gasteiger partial charge in [-0.1, -0.05) is 59.3 Å². The van der Waals surface area contributed by atoms with E-state index in [-0.39, 0.29) is 0 Å². The molecular weight excluding hydrogens is 218 g/mol. The molecule has 0 aliphatic heterocycles. The Kier molecular flexibility index (Phi) is 8.75. The summed E-state index contributed by atoms with van der Waals surface area (Å²) in [5.41, 5.74) is 0. The van der Waals surface area contributed by atoms with Crippen LogP contribution in [0.25, 0.3) is 0 Å². The average molecular weight is 253 g/mol. The highest BCUT2D eigenvalue weighted by atomic mass is 14.9. The van der Waals surface area contributed by atoms with Crippen LogP contribution in [-0.4, -0.2) is 12.6 Å². The topological polar surface area (TPSA) is 12.0 Å². The van der Waals surface area contributed by atoms with Crippen molar-refractivity contribution in [2.45, 2.75) is 91.0 Å². The maximum absolute atomic E-state index is 3.81. The van der Waals surface area contributed by atoms with Crippen LogP contribution in [0.2, 0.25) is 0 Å². The van der Waals surface area contributed by atoms with Crippen molar-refractivity contribution in [3.63, 3.8) is 0 Å². The minimum Gasteiger partial charge on any atom is -0.314 e. The van der Waals surface area contributed by atoms with Gasteiger partial charge in [0.25, 0.3) is 0 Å². The van der Waals surface area contributed by atoms with Gasteiger partial charge in [-0.2, -0.15) is 0 Å². The first-order chi connectivity index (χ1) is 8.81. The fourth-order valence-electron chi connectivity index (χ4n) is 3.65. The standard InChI is InChI=1S/C17H35N/c1-4-8-15-10-7-11-16(13-12-15)17(9-5-2)18-14-6-3/h15-18H,4-14H2,1-3H3. The highest BCUT2D eigenvalue weighted by Crippen LogP contribution is 2.32. The SMILES string of the molecule is CCCNC(CCC)C1CCCC(CCC)CC1. The van der Waals surface area contributed by atoms with Gasteiger partial charge in [0.15, 0.2) is 0 Å². The quantitative estimate of drug-likeness (QED) is 0.590. The van der Waals surface area contributed by atoms with E-state index in [2.05, 4.69) is 26.1 Å². The van der Waals surface area contributed by atoms with Crippen LogP contribution in [-0.2, 0) is 0 Å². The zero-order chi connectivity index (χ0) is 13.2. The van der Waals surface area contributed by atoms with Crippen LogP contribution in [0.15, 0.2) is 0 Å². The summed E-state index contributed by atoms with van der Waals surface area (Å²) in [5.74, 6) is 1.99. The molecule has 0 saturated heterocycles. The van der Waals surface area contributed by atoms with Crippen molar-refractivity contribution in [3.8, 4) is 0 Å². The smallest absolute Gasteiger partial charge is 0.00952 e. The number of rotatable bonds is 8. The van der Waals surface area contributed by atoms with Crippen molar-refractivity contribution in [1.29, 1.82) is 0 Å². The molecule has 1 saturated carbocycles. The van der Waals surface area contributed by atoms with Crippen molar-refractivity contribution < 1.29 is 0 Å². The lowest BCUT2D eigenvalue weighted by molar-refractivity contribution is 0.298. The van der Waals surface area contributed by atoms with Crippen molar-refractivity contribution in [2.75, 3.05) is 6.54 Å². The Balaban J connectivity index is 2.41. The molecule has 0 heterocycles. The average Bonchev–Trinajstić information content (AvgIpc) is 2.61. The number of nitrogens with one attached hydrogen (secondary N) is 1. The van der Waals surface area contributed by atoms with Crippen molar-refractivity contribution in [1.82, 2.24) is 5.32 Å². The molecule has 1 nitrogen and oxygen atoms in total. The molecule has 18 heavy (non-hydrogen) atoms. The van der Waals surface area contributed by atoms with Gasteiger partial charge in [0, 0.05) is 6.04 Å². The van der Waals surface area contributed by atoms with E-state index in [4.69, 9.17) is 0 Å². The van der Waals surface area contributed by atoms with Gasteiger partial charge in [-0.15, -0.1) is 0 Å². The Morgan fingerprint density at radius 3 is 2.44 bits per heavy atom. The molecule has 0 spiro atoms. The normalized spacial score (nSPS) is 26.8. The van der Waals surface area contributed by atoms with Crippen LogP contribution in [0.3, 0.4) is 0 Å².